The number of carbonyl (C=O) groups is 1. The maximum absolute atomic E-state index is 12.7. The topological polar surface area (TPSA) is 66.5 Å². The van der Waals surface area contributed by atoms with Gasteiger partial charge in [0.05, 0.1) is 6.42 Å². The molecule has 0 aliphatic carbocycles. The van der Waals surface area contributed by atoms with Crippen molar-refractivity contribution in [2.45, 2.75) is 49.2 Å². The van der Waals surface area contributed by atoms with Gasteiger partial charge in [-0.1, -0.05) is 50.6 Å². The van der Waals surface area contributed by atoms with E-state index in [0.717, 1.165) is 24.1 Å². The van der Waals surface area contributed by atoms with E-state index < -0.39 is 10.0 Å². The van der Waals surface area contributed by atoms with Gasteiger partial charge in [0.15, 0.2) is 0 Å². The number of sulfonamides is 1. The highest BCUT2D eigenvalue weighted by atomic mass is 32.2. The van der Waals surface area contributed by atoms with Gasteiger partial charge in [-0.15, -0.1) is 11.3 Å². The van der Waals surface area contributed by atoms with Gasteiger partial charge in [0, 0.05) is 29.9 Å². The maximum atomic E-state index is 12.7. The lowest BCUT2D eigenvalue weighted by atomic mass is 9.84. The molecule has 152 valence electrons. The number of nitrogens with one attached hydrogen (secondary N) is 1. The number of piperidine rings is 1. The number of carbonyl (C=O) groups excluding carboxylic acids is 1. The summed E-state index contributed by atoms with van der Waals surface area (Å²) in [6.45, 7) is 5.89. The van der Waals surface area contributed by atoms with E-state index in [2.05, 4.69) is 31.3 Å². The predicted octanol–water partition coefficient (Wildman–Crippen LogP) is 3.56. The normalized spacial score (nSPS) is 16.1. The summed E-state index contributed by atoms with van der Waals surface area (Å²) in [5.74, 6) is -0.0900. The monoisotopic (exact) mass is 420 g/mol. The van der Waals surface area contributed by atoms with E-state index in [1.54, 1.807) is 16.4 Å². The SMILES string of the molecule is CC(C)(CNC(=O)Cc1ccc(S(=O)(=O)N2CCCCC2)s1)c1ccccc1. The maximum Gasteiger partial charge on any atom is 0.252 e. The summed E-state index contributed by atoms with van der Waals surface area (Å²) in [6.07, 6.45) is 3.11. The number of nitrogens with zero attached hydrogens (tertiary/aromatic N) is 1. The van der Waals surface area contributed by atoms with E-state index in [1.165, 1.54) is 16.9 Å². The first-order chi connectivity index (χ1) is 13.3. The number of rotatable bonds is 7. The van der Waals surface area contributed by atoms with Gasteiger partial charge in [-0.25, -0.2) is 8.42 Å². The molecular formula is C21H28N2O3S2. The molecule has 3 rings (SSSR count). The molecule has 0 unspecified atom stereocenters. The van der Waals surface area contributed by atoms with Crippen LogP contribution in [0.2, 0.25) is 0 Å². The Morgan fingerprint density at radius 3 is 2.43 bits per heavy atom. The zero-order chi connectivity index (χ0) is 20.2. The molecule has 0 radical (unpaired) electrons. The molecule has 7 heteroatoms. The van der Waals surface area contributed by atoms with Crippen LogP contribution in [0.4, 0.5) is 0 Å². The zero-order valence-electron chi connectivity index (χ0n) is 16.5. The molecule has 0 atom stereocenters. The Morgan fingerprint density at radius 2 is 1.75 bits per heavy atom. The lowest BCUT2D eigenvalue weighted by Gasteiger charge is -2.25. The van der Waals surface area contributed by atoms with Crippen molar-refractivity contribution in [1.29, 1.82) is 0 Å². The summed E-state index contributed by atoms with van der Waals surface area (Å²) in [6, 6.07) is 13.5. The van der Waals surface area contributed by atoms with Crippen molar-refractivity contribution in [1.82, 2.24) is 9.62 Å². The molecule has 0 saturated carbocycles. The Kier molecular flexibility index (Phi) is 6.58. The lowest BCUT2D eigenvalue weighted by molar-refractivity contribution is -0.120. The van der Waals surface area contributed by atoms with Gasteiger partial charge in [-0.3, -0.25) is 4.79 Å². The summed E-state index contributed by atoms with van der Waals surface area (Å²) in [5, 5.41) is 2.99. The first-order valence-electron chi connectivity index (χ1n) is 9.70. The number of thiophene rings is 1. The second-order valence-electron chi connectivity index (χ2n) is 7.89. The van der Waals surface area contributed by atoms with Gasteiger partial charge in [0.1, 0.15) is 4.21 Å². The summed E-state index contributed by atoms with van der Waals surface area (Å²) < 4.78 is 27.4. The molecule has 1 fully saturated rings. The van der Waals surface area contributed by atoms with Crippen molar-refractivity contribution in [2.75, 3.05) is 19.6 Å². The molecular weight excluding hydrogens is 392 g/mol. The molecule has 2 aromatic rings. The Morgan fingerprint density at radius 1 is 1.07 bits per heavy atom. The number of amides is 1. The molecule has 1 aliphatic heterocycles. The largest absolute Gasteiger partial charge is 0.355 e. The van der Waals surface area contributed by atoms with E-state index >= 15 is 0 Å². The fourth-order valence-electron chi connectivity index (χ4n) is 3.36. The molecule has 1 aromatic heterocycles. The summed E-state index contributed by atoms with van der Waals surface area (Å²) in [4.78, 5) is 13.2. The van der Waals surface area contributed by atoms with Crippen LogP contribution in [-0.4, -0.2) is 38.3 Å². The molecule has 5 nitrogen and oxygen atoms in total. The van der Waals surface area contributed by atoms with Gasteiger partial charge >= 0.3 is 0 Å². The van der Waals surface area contributed by atoms with Crippen LogP contribution < -0.4 is 5.32 Å². The molecule has 28 heavy (non-hydrogen) atoms. The minimum atomic E-state index is -3.43. The second kappa shape index (κ2) is 8.76. The lowest BCUT2D eigenvalue weighted by Crippen LogP contribution is -2.37. The van der Waals surface area contributed by atoms with E-state index in [4.69, 9.17) is 0 Å². The Hall–Kier alpha value is -1.70. The summed E-state index contributed by atoms with van der Waals surface area (Å²) in [5.41, 5.74) is 0.996. The minimum Gasteiger partial charge on any atom is -0.355 e. The van der Waals surface area contributed by atoms with Crippen LogP contribution in [0.3, 0.4) is 0 Å². The first kappa shape index (κ1) is 21.0. The highest BCUT2D eigenvalue weighted by Crippen LogP contribution is 2.27. The standard InChI is InChI=1S/C21H28N2O3S2/c1-21(2,17-9-5-3-6-10-17)16-22-19(24)15-18-11-12-20(27-18)28(25,26)23-13-7-4-8-14-23/h3,5-6,9-12H,4,7-8,13-16H2,1-2H3,(H,22,24). The predicted molar refractivity (Wildman–Crippen MR) is 113 cm³/mol. The van der Waals surface area contributed by atoms with Crippen molar-refractivity contribution in [3.8, 4) is 0 Å². The molecule has 2 heterocycles. The number of benzene rings is 1. The molecule has 1 N–H and O–H groups in total. The Balaban J connectivity index is 1.58. The highest BCUT2D eigenvalue weighted by Gasteiger charge is 2.27. The number of hydrogen-bond donors (Lipinski definition) is 1. The fraction of sp³-hybridized carbons (Fsp3) is 0.476. The second-order valence-corrected chi connectivity index (χ2v) is 11.2. The third kappa shape index (κ3) is 5.01. The summed E-state index contributed by atoms with van der Waals surface area (Å²) >= 11 is 1.20. The summed E-state index contributed by atoms with van der Waals surface area (Å²) in [7, 11) is -3.43. The van der Waals surface area contributed by atoms with E-state index in [1.807, 2.05) is 18.2 Å². The molecule has 1 aromatic carbocycles. The molecule has 0 spiro atoms. The molecule has 1 saturated heterocycles. The minimum absolute atomic E-state index is 0.0900. The van der Waals surface area contributed by atoms with Gasteiger partial charge < -0.3 is 5.32 Å². The molecule has 0 bridgehead atoms. The van der Waals surface area contributed by atoms with E-state index in [-0.39, 0.29) is 17.7 Å². The average molecular weight is 421 g/mol. The molecule has 1 aliphatic rings. The van der Waals surface area contributed by atoms with E-state index in [9.17, 15) is 13.2 Å². The third-order valence-corrected chi connectivity index (χ3v) is 8.62. The zero-order valence-corrected chi connectivity index (χ0v) is 18.1. The van der Waals surface area contributed by atoms with Crippen molar-refractivity contribution in [2.24, 2.45) is 0 Å². The van der Waals surface area contributed by atoms with Crippen molar-refractivity contribution in [3.05, 3.63) is 52.9 Å². The van der Waals surface area contributed by atoms with Crippen LogP contribution in [0.25, 0.3) is 0 Å². The van der Waals surface area contributed by atoms with Crippen LogP contribution in [0.1, 0.15) is 43.6 Å². The van der Waals surface area contributed by atoms with Crippen molar-refractivity contribution >= 4 is 27.3 Å². The Bertz CT molecular complexity index is 899. The average Bonchev–Trinajstić information content (AvgIpc) is 3.17. The smallest absolute Gasteiger partial charge is 0.252 e. The Labute approximate surface area is 171 Å². The van der Waals surface area contributed by atoms with Crippen LogP contribution in [-0.2, 0) is 26.7 Å². The fourth-order valence-corrected chi connectivity index (χ4v) is 6.38. The van der Waals surface area contributed by atoms with Crippen molar-refractivity contribution in [3.63, 3.8) is 0 Å². The third-order valence-electron chi connectivity index (χ3n) is 5.16. The van der Waals surface area contributed by atoms with Gasteiger partial charge in [-0.2, -0.15) is 4.31 Å². The van der Waals surface area contributed by atoms with Crippen LogP contribution >= 0.6 is 11.3 Å². The van der Waals surface area contributed by atoms with Crippen LogP contribution in [0.5, 0.6) is 0 Å². The van der Waals surface area contributed by atoms with Crippen LogP contribution in [0.15, 0.2) is 46.7 Å². The van der Waals surface area contributed by atoms with Gasteiger partial charge in [0.2, 0.25) is 5.91 Å². The van der Waals surface area contributed by atoms with Crippen LogP contribution in [0, 0.1) is 0 Å². The quantitative estimate of drug-likeness (QED) is 0.745. The molecule has 1 amide bonds. The first-order valence-corrected chi connectivity index (χ1v) is 12.0. The van der Waals surface area contributed by atoms with Gasteiger partial charge in [-0.05, 0) is 30.5 Å². The van der Waals surface area contributed by atoms with Crippen molar-refractivity contribution < 1.29 is 13.2 Å². The number of hydrogen-bond acceptors (Lipinski definition) is 4. The van der Waals surface area contributed by atoms with E-state index in [0.29, 0.717) is 23.8 Å². The highest BCUT2D eigenvalue weighted by molar-refractivity contribution is 7.91. The van der Waals surface area contributed by atoms with Gasteiger partial charge in [0.25, 0.3) is 10.0 Å².